The topological polar surface area (TPSA) is 49.8 Å². The van der Waals surface area contributed by atoms with Gasteiger partial charge in [0.05, 0.1) is 19.6 Å². The Kier molecular flexibility index (Phi) is 5.17. The number of halogens is 1. The Morgan fingerprint density at radius 1 is 1.57 bits per heavy atom. The third kappa shape index (κ3) is 3.94. The SMILES string of the molecule is COc1ccc(CC(=O)N2CCCC(C(C)O)C2)cc1F. The minimum absolute atomic E-state index is 0.0232. The molecule has 2 unspecified atom stereocenters. The zero-order chi connectivity index (χ0) is 15.4. The number of hydrogen-bond donors (Lipinski definition) is 1. The van der Waals surface area contributed by atoms with E-state index in [2.05, 4.69) is 0 Å². The second-order valence-corrected chi connectivity index (χ2v) is 5.63. The maximum Gasteiger partial charge on any atom is 0.227 e. The van der Waals surface area contributed by atoms with E-state index in [-0.39, 0.29) is 24.0 Å². The van der Waals surface area contributed by atoms with Gasteiger partial charge in [-0.25, -0.2) is 4.39 Å². The van der Waals surface area contributed by atoms with Crippen molar-refractivity contribution in [2.75, 3.05) is 20.2 Å². The predicted octanol–water partition coefficient (Wildman–Crippen LogP) is 2.00. The van der Waals surface area contributed by atoms with E-state index in [0.29, 0.717) is 18.7 Å². The summed E-state index contributed by atoms with van der Waals surface area (Å²) in [5.41, 5.74) is 0.637. The summed E-state index contributed by atoms with van der Waals surface area (Å²) < 4.78 is 18.5. The number of aliphatic hydroxyl groups is 1. The smallest absolute Gasteiger partial charge is 0.227 e. The monoisotopic (exact) mass is 295 g/mol. The third-order valence-electron chi connectivity index (χ3n) is 4.06. The molecule has 2 atom stereocenters. The number of methoxy groups -OCH3 is 1. The van der Waals surface area contributed by atoms with Gasteiger partial charge < -0.3 is 14.7 Å². The molecule has 1 aromatic rings. The van der Waals surface area contributed by atoms with Crippen molar-refractivity contribution in [3.8, 4) is 5.75 Å². The first kappa shape index (κ1) is 15.8. The lowest BCUT2D eigenvalue weighted by Gasteiger charge is -2.34. The van der Waals surface area contributed by atoms with Crippen molar-refractivity contribution in [1.29, 1.82) is 0 Å². The minimum atomic E-state index is -0.455. The van der Waals surface area contributed by atoms with Gasteiger partial charge in [-0.05, 0) is 37.5 Å². The number of carbonyl (C=O) groups is 1. The zero-order valence-corrected chi connectivity index (χ0v) is 12.5. The van der Waals surface area contributed by atoms with Crippen molar-refractivity contribution in [3.05, 3.63) is 29.6 Å². The van der Waals surface area contributed by atoms with Gasteiger partial charge in [0, 0.05) is 19.0 Å². The molecular formula is C16H22FNO3. The standard InChI is InChI=1S/C16H22FNO3/c1-11(19)13-4-3-7-18(10-13)16(20)9-12-5-6-15(21-2)14(17)8-12/h5-6,8,11,13,19H,3-4,7,9-10H2,1-2H3. The molecular weight excluding hydrogens is 273 g/mol. The molecule has 116 valence electrons. The van der Waals surface area contributed by atoms with Crippen LogP contribution in [0.1, 0.15) is 25.3 Å². The molecule has 1 saturated heterocycles. The van der Waals surface area contributed by atoms with Crippen molar-refractivity contribution in [2.45, 2.75) is 32.3 Å². The van der Waals surface area contributed by atoms with Crippen LogP contribution < -0.4 is 4.74 Å². The van der Waals surface area contributed by atoms with Gasteiger partial charge in [0.2, 0.25) is 5.91 Å². The maximum atomic E-state index is 13.6. The van der Waals surface area contributed by atoms with Crippen LogP contribution >= 0.6 is 0 Å². The molecule has 0 spiro atoms. The summed E-state index contributed by atoms with van der Waals surface area (Å²) in [5, 5.41) is 9.66. The summed E-state index contributed by atoms with van der Waals surface area (Å²) in [6.45, 7) is 3.05. The van der Waals surface area contributed by atoms with E-state index in [0.717, 1.165) is 12.8 Å². The van der Waals surface area contributed by atoms with Gasteiger partial charge >= 0.3 is 0 Å². The van der Waals surface area contributed by atoms with E-state index >= 15 is 0 Å². The number of ether oxygens (including phenoxy) is 1. The Morgan fingerprint density at radius 3 is 2.95 bits per heavy atom. The van der Waals surface area contributed by atoms with Crippen LogP contribution in [-0.4, -0.2) is 42.2 Å². The number of benzene rings is 1. The maximum absolute atomic E-state index is 13.6. The number of likely N-dealkylation sites (tertiary alicyclic amines) is 1. The average Bonchev–Trinajstić information content (AvgIpc) is 2.47. The number of amides is 1. The fraction of sp³-hybridized carbons (Fsp3) is 0.562. The van der Waals surface area contributed by atoms with E-state index in [4.69, 9.17) is 4.74 Å². The van der Waals surface area contributed by atoms with E-state index in [9.17, 15) is 14.3 Å². The molecule has 5 heteroatoms. The molecule has 1 aliphatic heterocycles. The fourth-order valence-corrected chi connectivity index (χ4v) is 2.74. The molecule has 1 heterocycles. The van der Waals surface area contributed by atoms with Gasteiger partial charge in [-0.1, -0.05) is 6.07 Å². The van der Waals surface area contributed by atoms with Crippen molar-refractivity contribution >= 4 is 5.91 Å². The molecule has 4 nitrogen and oxygen atoms in total. The van der Waals surface area contributed by atoms with E-state index < -0.39 is 11.9 Å². The molecule has 21 heavy (non-hydrogen) atoms. The first-order valence-electron chi connectivity index (χ1n) is 7.29. The highest BCUT2D eigenvalue weighted by molar-refractivity contribution is 5.79. The highest BCUT2D eigenvalue weighted by Gasteiger charge is 2.26. The summed E-state index contributed by atoms with van der Waals surface area (Å²) in [6, 6.07) is 4.58. The lowest BCUT2D eigenvalue weighted by Crippen LogP contribution is -2.43. The Balaban J connectivity index is 1.99. The Hall–Kier alpha value is -1.62. The van der Waals surface area contributed by atoms with Crippen molar-refractivity contribution in [3.63, 3.8) is 0 Å². The van der Waals surface area contributed by atoms with Crippen molar-refractivity contribution in [2.24, 2.45) is 5.92 Å². The molecule has 1 aliphatic rings. The van der Waals surface area contributed by atoms with E-state index in [1.54, 1.807) is 17.9 Å². The Morgan fingerprint density at radius 2 is 2.33 bits per heavy atom. The molecule has 0 aromatic heterocycles. The van der Waals surface area contributed by atoms with Gasteiger partial charge in [0.25, 0.3) is 0 Å². The molecule has 1 amide bonds. The van der Waals surface area contributed by atoms with E-state index in [1.165, 1.54) is 19.2 Å². The highest BCUT2D eigenvalue weighted by Crippen LogP contribution is 2.22. The number of piperidine rings is 1. The molecule has 0 radical (unpaired) electrons. The van der Waals surface area contributed by atoms with Gasteiger partial charge in [0.15, 0.2) is 11.6 Å². The third-order valence-corrected chi connectivity index (χ3v) is 4.06. The lowest BCUT2D eigenvalue weighted by molar-refractivity contribution is -0.133. The summed E-state index contributed by atoms with van der Waals surface area (Å²) in [4.78, 5) is 14.1. The van der Waals surface area contributed by atoms with Crippen LogP contribution in [0, 0.1) is 11.7 Å². The Labute approximate surface area is 124 Å². The van der Waals surface area contributed by atoms with Crippen LogP contribution in [0.4, 0.5) is 4.39 Å². The van der Waals surface area contributed by atoms with Crippen LogP contribution in [0.25, 0.3) is 0 Å². The van der Waals surface area contributed by atoms with Crippen LogP contribution in [0.15, 0.2) is 18.2 Å². The first-order chi connectivity index (χ1) is 10.0. The quantitative estimate of drug-likeness (QED) is 0.924. The summed E-state index contributed by atoms with van der Waals surface area (Å²) in [5.74, 6) is -0.165. The van der Waals surface area contributed by atoms with Gasteiger partial charge in [-0.2, -0.15) is 0 Å². The largest absolute Gasteiger partial charge is 0.494 e. The number of hydrogen-bond acceptors (Lipinski definition) is 3. The van der Waals surface area contributed by atoms with Crippen molar-refractivity contribution in [1.82, 2.24) is 4.90 Å². The number of aliphatic hydroxyl groups excluding tert-OH is 1. The van der Waals surface area contributed by atoms with Crippen LogP contribution in [-0.2, 0) is 11.2 Å². The Bertz CT molecular complexity index is 504. The van der Waals surface area contributed by atoms with Gasteiger partial charge in [0.1, 0.15) is 0 Å². The molecule has 0 bridgehead atoms. The molecule has 0 aliphatic carbocycles. The van der Waals surface area contributed by atoms with Gasteiger partial charge in [-0.3, -0.25) is 4.79 Å². The fourth-order valence-electron chi connectivity index (χ4n) is 2.74. The van der Waals surface area contributed by atoms with Crippen LogP contribution in [0.5, 0.6) is 5.75 Å². The van der Waals surface area contributed by atoms with Crippen molar-refractivity contribution < 1.29 is 19.0 Å². The summed E-state index contributed by atoms with van der Waals surface area (Å²) >= 11 is 0. The van der Waals surface area contributed by atoms with E-state index in [1.807, 2.05) is 0 Å². The predicted molar refractivity (Wildman–Crippen MR) is 77.6 cm³/mol. The number of rotatable bonds is 4. The van der Waals surface area contributed by atoms with Crippen LogP contribution in [0.3, 0.4) is 0 Å². The molecule has 2 rings (SSSR count). The molecule has 1 aromatic carbocycles. The molecule has 1 N–H and O–H groups in total. The lowest BCUT2D eigenvalue weighted by atomic mass is 9.93. The summed E-state index contributed by atoms with van der Waals surface area (Å²) in [7, 11) is 1.41. The molecule has 1 fully saturated rings. The number of nitrogens with zero attached hydrogens (tertiary/aromatic N) is 1. The second kappa shape index (κ2) is 6.89. The van der Waals surface area contributed by atoms with Gasteiger partial charge in [-0.15, -0.1) is 0 Å². The number of carbonyl (C=O) groups excluding carboxylic acids is 1. The minimum Gasteiger partial charge on any atom is -0.494 e. The summed E-state index contributed by atoms with van der Waals surface area (Å²) in [6.07, 6.45) is 1.61. The second-order valence-electron chi connectivity index (χ2n) is 5.63. The van der Waals surface area contributed by atoms with Crippen LogP contribution in [0.2, 0.25) is 0 Å². The highest BCUT2D eigenvalue weighted by atomic mass is 19.1. The normalized spacial score (nSPS) is 20.2. The average molecular weight is 295 g/mol. The molecule has 0 saturated carbocycles. The first-order valence-corrected chi connectivity index (χ1v) is 7.29. The zero-order valence-electron chi connectivity index (χ0n) is 12.5.